The molecule has 1 fully saturated rings. The van der Waals surface area contributed by atoms with E-state index in [4.69, 9.17) is 4.52 Å². The van der Waals surface area contributed by atoms with Crippen LogP contribution in [0.4, 0.5) is 17.6 Å². The third-order valence-corrected chi connectivity index (χ3v) is 4.74. The smallest absolute Gasteiger partial charge is 0.334 e. The molecule has 1 aliphatic rings. The second-order valence-electron chi connectivity index (χ2n) is 6.78. The molecule has 0 radical (unpaired) electrons. The molecule has 28 heavy (non-hydrogen) atoms. The van der Waals surface area contributed by atoms with Crippen LogP contribution in [-0.2, 0) is 18.4 Å². The summed E-state index contributed by atoms with van der Waals surface area (Å²) in [5.74, 6) is 0.199. The van der Waals surface area contributed by atoms with Crippen molar-refractivity contribution in [3.8, 4) is 11.5 Å². The van der Waals surface area contributed by atoms with Gasteiger partial charge < -0.3 is 4.52 Å². The van der Waals surface area contributed by atoms with Crippen LogP contribution < -0.4 is 0 Å². The molecule has 5 nitrogen and oxygen atoms in total. The van der Waals surface area contributed by atoms with Gasteiger partial charge in [-0.15, -0.1) is 0 Å². The van der Waals surface area contributed by atoms with E-state index < -0.39 is 17.4 Å². The lowest BCUT2D eigenvalue weighted by Crippen LogP contribution is -2.28. The van der Waals surface area contributed by atoms with Crippen LogP contribution in [0.25, 0.3) is 11.5 Å². The van der Waals surface area contributed by atoms with E-state index >= 15 is 4.39 Å². The molecule has 0 bridgehead atoms. The highest BCUT2D eigenvalue weighted by Crippen LogP contribution is 2.36. The average Bonchev–Trinajstić information content (AvgIpc) is 3.31. The Morgan fingerprint density at radius 2 is 1.79 bits per heavy atom. The molecule has 4 rings (SSSR count). The van der Waals surface area contributed by atoms with Gasteiger partial charge in [0.15, 0.2) is 5.67 Å². The van der Waals surface area contributed by atoms with Crippen molar-refractivity contribution in [1.29, 1.82) is 0 Å². The Hall–Kier alpha value is -2.81. The highest BCUT2D eigenvalue weighted by atomic mass is 19.4. The summed E-state index contributed by atoms with van der Waals surface area (Å²) in [6.45, 7) is 0.832. The Labute approximate surface area is 158 Å². The van der Waals surface area contributed by atoms with Crippen molar-refractivity contribution in [3.63, 3.8) is 0 Å². The zero-order valence-electron chi connectivity index (χ0n) is 14.7. The van der Waals surface area contributed by atoms with Gasteiger partial charge >= 0.3 is 6.18 Å². The molecule has 0 amide bonds. The minimum absolute atomic E-state index is 0.0192. The van der Waals surface area contributed by atoms with E-state index in [1.54, 1.807) is 24.5 Å². The molecule has 1 atom stereocenters. The van der Waals surface area contributed by atoms with Gasteiger partial charge in [-0.05, 0) is 29.8 Å². The Balaban J connectivity index is 1.44. The van der Waals surface area contributed by atoms with E-state index in [1.165, 1.54) is 12.1 Å². The number of alkyl halides is 4. The summed E-state index contributed by atoms with van der Waals surface area (Å²) in [5.41, 5.74) is -1.13. The summed E-state index contributed by atoms with van der Waals surface area (Å²) in [6, 6.07) is 8.28. The van der Waals surface area contributed by atoms with Gasteiger partial charge in [0.25, 0.3) is 5.89 Å². The molecular formula is C19H16F4N4O. The van der Waals surface area contributed by atoms with Gasteiger partial charge in [0.05, 0.1) is 5.56 Å². The van der Waals surface area contributed by atoms with E-state index in [1.807, 2.05) is 4.90 Å². The standard InChI is InChI=1S/C19H16F4N4O/c20-18(17-25-16(28-26-17)14-5-8-24-9-6-14)7-10-27(12-18)11-13-1-3-15(4-2-13)19(21,22)23/h1-6,8-9H,7,10-12H2. The first-order valence-corrected chi connectivity index (χ1v) is 8.65. The van der Waals surface area contributed by atoms with Gasteiger partial charge in [-0.2, -0.15) is 18.2 Å². The molecular weight excluding hydrogens is 376 g/mol. The van der Waals surface area contributed by atoms with Crippen molar-refractivity contribution in [2.45, 2.75) is 24.8 Å². The largest absolute Gasteiger partial charge is 0.416 e. The van der Waals surface area contributed by atoms with E-state index in [-0.39, 0.29) is 24.7 Å². The summed E-state index contributed by atoms with van der Waals surface area (Å²) < 4.78 is 58.5. The van der Waals surface area contributed by atoms with Crippen molar-refractivity contribution in [2.24, 2.45) is 0 Å². The zero-order valence-corrected chi connectivity index (χ0v) is 14.7. The van der Waals surface area contributed by atoms with Crippen LogP contribution in [0.5, 0.6) is 0 Å². The van der Waals surface area contributed by atoms with E-state index in [2.05, 4.69) is 15.1 Å². The van der Waals surface area contributed by atoms with Crippen LogP contribution in [0.2, 0.25) is 0 Å². The molecule has 0 N–H and O–H groups in total. The number of benzene rings is 1. The molecule has 0 aliphatic carbocycles. The highest BCUT2D eigenvalue weighted by molar-refractivity contribution is 5.51. The van der Waals surface area contributed by atoms with Crippen LogP contribution in [0.15, 0.2) is 53.3 Å². The van der Waals surface area contributed by atoms with Crippen molar-refractivity contribution < 1.29 is 22.1 Å². The van der Waals surface area contributed by atoms with Gasteiger partial charge in [-0.3, -0.25) is 9.88 Å². The van der Waals surface area contributed by atoms with Crippen LogP contribution in [-0.4, -0.2) is 33.1 Å². The molecule has 3 aromatic rings. The topological polar surface area (TPSA) is 55.1 Å². The van der Waals surface area contributed by atoms with Gasteiger partial charge in [-0.1, -0.05) is 17.3 Å². The number of aromatic nitrogens is 3. The Morgan fingerprint density at radius 3 is 2.46 bits per heavy atom. The number of nitrogens with zero attached hydrogens (tertiary/aromatic N) is 4. The molecule has 9 heteroatoms. The van der Waals surface area contributed by atoms with Gasteiger partial charge in [0, 0.05) is 44.0 Å². The van der Waals surface area contributed by atoms with Crippen LogP contribution in [0, 0.1) is 0 Å². The van der Waals surface area contributed by atoms with E-state index in [9.17, 15) is 13.2 Å². The lowest BCUT2D eigenvalue weighted by molar-refractivity contribution is -0.137. The fraction of sp³-hybridized carbons (Fsp3) is 0.316. The SMILES string of the molecule is FC(F)(F)c1ccc(CN2CCC(F)(c3noc(-c4ccncc4)n3)C2)cc1. The summed E-state index contributed by atoms with van der Waals surface area (Å²) in [7, 11) is 0. The first kappa shape index (κ1) is 18.5. The molecule has 1 aliphatic heterocycles. The highest BCUT2D eigenvalue weighted by Gasteiger charge is 2.44. The van der Waals surface area contributed by atoms with E-state index in [0.29, 0.717) is 24.2 Å². The molecule has 0 saturated carbocycles. The minimum Gasteiger partial charge on any atom is -0.334 e. The maximum absolute atomic E-state index is 15.4. The average molecular weight is 392 g/mol. The maximum Gasteiger partial charge on any atom is 0.416 e. The third-order valence-electron chi connectivity index (χ3n) is 4.74. The maximum atomic E-state index is 15.4. The number of rotatable bonds is 4. The van der Waals surface area contributed by atoms with Crippen LogP contribution in [0.1, 0.15) is 23.4 Å². The monoisotopic (exact) mass is 392 g/mol. The molecule has 3 heterocycles. The predicted molar refractivity (Wildman–Crippen MR) is 91.7 cm³/mol. The minimum atomic E-state index is -4.37. The Bertz CT molecular complexity index is 943. The molecule has 1 aromatic carbocycles. The van der Waals surface area contributed by atoms with Crippen molar-refractivity contribution in [1.82, 2.24) is 20.0 Å². The predicted octanol–water partition coefficient (Wildman–Crippen LogP) is 4.22. The molecule has 1 unspecified atom stereocenters. The summed E-state index contributed by atoms with van der Waals surface area (Å²) >= 11 is 0. The Morgan fingerprint density at radius 1 is 1.07 bits per heavy atom. The zero-order chi connectivity index (χ0) is 19.8. The number of halogens is 4. The lowest BCUT2D eigenvalue weighted by Gasteiger charge is -2.18. The van der Waals surface area contributed by atoms with Crippen LogP contribution in [0.3, 0.4) is 0 Å². The quantitative estimate of drug-likeness (QED) is 0.623. The summed E-state index contributed by atoms with van der Waals surface area (Å²) in [6.07, 6.45) is -1.04. The van der Waals surface area contributed by atoms with Crippen molar-refractivity contribution >= 4 is 0 Å². The fourth-order valence-electron chi connectivity index (χ4n) is 3.24. The molecule has 1 saturated heterocycles. The van der Waals surface area contributed by atoms with E-state index in [0.717, 1.165) is 12.1 Å². The first-order valence-electron chi connectivity index (χ1n) is 8.65. The van der Waals surface area contributed by atoms with Crippen LogP contribution >= 0.6 is 0 Å². The Kier molecular flexibility index (Phi) is 4.62. The normalized spacial score (nSPS) is 20.6. The van der Waals surface area contributed by atoms with Crippen molar-refractivity contribution in [2.75, 3.05) is 13.1 Å². The van der Waals surface area contributed by atoms with Gasteiger partial charge in [0.2, 0.25) is 5.82 Å². The molecule has 146 valence electrons. The summed E-state index contributed by atoms with van der Waals surface area (Å²) in [4.78, 5) is 9.91. The molecule has 0 spiro atoms. The number of pyridine rings is 1. The van der Waals surface area contributed by atoms with Crippen molar-refractivity contribution in [3.05, 3.63) is 65.7 Å². The molecule has 2 aromatic heterocycles. The fourth-order valence-corrected chi connectivity index (χ4v) is 3.24. The second-order valence-corrected chi connectivity index (χ2v) is 6.78. The second kappa shape index (κ2) is 6.97. The summed E-state index contributed by atoms with van der Waals surface area (Å²) in [5, 5.41) is 3.79. The number of hydrogen-bond acceptors (Lipinski definition) is 5. The van der Waals surface area contributed by atoms with Gasteiger partial charge in [0.1, 0.15) is 0 Å². The number of hydrogen-bond donors (Lipinski definition) is 0. The third kappa shape index (κ3) is 3.75. The lowest BCUT2D eigenvalue weighted by atomic mass is 10.1. The number of likely N-dealkylation sites (tertiary alicyclic amines) is 1. The van der Waals surface area contributed by atoms with Gasteiger partial charge in [-0.25, -0.2) is 4.39 Å². The first-order chi connectivity index (χ1) is 13.3.